The molecule has 5 nitrogen and oxygen atoms in total. The van der Waals surface area contributed by atoms with Crippen LogP contribution < -0.4 is 10.1 Å². The third-order valence-corrected chi connectivity index (χ3v) is 4.51. The Morgan fingerprint density at radius 3 is 2.79 bits per heavy atom. The molecule has 5 heteroatoms. The molecule has 0 spiro atoms. The number of aromatic hydroxyl groups is 1. The van der Waals surface area contributed by atoms with Gasteiger partial charge in [0.25, 0.3) is 5.91 Å². The van der Waals surface area contributed by atoms with E-state index in [0.29, 0.717) is 23.5 Å². The highest BCUT2D eigenvalue weighted by molar-refractivity contribution is 6.02. The van der Waals surface area contributed by atoms with E-state index < -0.39 is 0 Å². The Balaban J connectivity index is 1.79. The van der Waals surface area contributed by atoms with Crippen LogP contribution in [0.4, 0.5) is 5.69 Å². The highest BCUT2D eigenvalue weighted by Crippen LogP contribution is 2.43. The number of carbonyl (C=O) groups excluding carboxylic acids is 1. The fourth-order valence-corrected chi connectivity index (χ4v) is 3.23. The Hall–Kier alpha value is -2.69. The number of hydrogen-bond donors (Lipinski definition) is 2. The number of phenols is 1. The van der Waals surface area contributed by atoms with Crippen LogP contribution in [0.5, 0.6) is 11.5 Å². The zero-order chi connectivity index (χ0) is 16.7. The molecular weight excluding hydrogens is 304 g/mol. The van der Waals surface area contributed by atoms with Crippen molar-refractivity contribution in [3.05, 3.63) is 53.6 Å². The average molecular weight is 324 g/mol. The number of benzene rings is 2. The van der Waals surface area contributed by atoms with Crippen LogP contribution in [0.15, 0.2) is 42.5 Å². The Bertz CT molecular complexity index is 786. The summed E-state index contributed by atoms with van der Waals surface area (Å²) in [7, 11) is 0. The normalized spacial score (nSPS) is 19.6. The van der Waals surface area contributed by atoms with Gasteiger partial charge >= 0.3 is 0 Å². The molecule has 1 heterocycles. The number of anilines is 1. The van der Waals surface area contributed by atoms with Crippen LogP contribution in [0.3, 0.4) is 0 Å². The fraction of sp³-hybridized carbons (Fsp3) is 0.316. The van der Waals surface area contributed by atoms with Crippen LogP contribution in [0.1, 0.15) is 41.9 Å². The first-order valence-corrected chi connectivity index (χ1v) is 8.33. The first-order valence-electron chi connectivity index (χ1n) is 8.33. The molecule has 124 valence electrons. The summed E-state index contributed by atoms with van der Waals surface area (Å²) in [6.07, 6.45) is 1.61. The lowest BCUT2D eigenvalue weighted by Crippen LogP contribution is -2.44. The van der Waals surface area contributed by atoms with E-state index in [9.17, 15) is 9.90 Å². The number of para-hydroxylation sites is 1. The number of amides is 1. The molecule has 0 saturated heterocycles. The van der Waals surface area contributed by atoms with Gasteiger partial charge in [0.2, 0.25) is 0 Å². The van der Waals surface area contributed by atoms with Gasteiger partial charge in [-0.3, -0.25) is 4.79 Å². The maximum Gasteiger partial charge on any atom is 0.258 e. The van der Waals surface area contributed by atoms with Gasteiger partial charge in [-0.15, -0.1) is 0 Å². The second-order valence-corrected chi connectivity index (χ2v) is 6.19. The third-order valence-electron chi connectivity index (χ3n) is 4.51. The van der Waals surface area contributed by atoms with Gasteiger partial charge in [0.1, 0.15) is 17.7 Å². The van der Waals surface area contributed by atoms with Crippen LogP contribution >= 0.6 is 0 Å². The Morgan fingerprint density at radius 1 is 1.25 bits per heavy atom. The lowest BCUT2D eigenvalue weighted by Gasteiger charge is -2.38. The molecule has 2 N–H and O–H groups in total. The summed E-state index contributed by atoms with van der Waals surface area (Å²) in [5, 5.41) is 13.8. The Labute approximate surface area is 140 Å². The van der Waals surface area contributed by atoms with E-state index in [1.807, 2.05) is 42.2 Å². The van der Waals surface area contributed by atoms with E-state index in [-0.39, 0.29) is 23.9 Å². The highest BCUT2D eigenvalue weighted by Gasteiger charge is 2.42. The standard InChI is InChI=1S/C19H20N2O3/c1-2-24-13-9-10-17(22)15(11-13)18-20-16-6-4-3-5-14(16)19(23)21(18)12-7-8-12/h3-6,9-12,18,20,22H,2,7-8H2,1H3. The van der Waals surface area contributed by atoms with Gasteiger partial charge in [0.05, 0.1) is 12.2 Å². The smallest absolute Gasteiger partial charge is 0.258 e. The highest BCUT2D eigenvalue weighted by atomic mass is 16.5. The molecule has 1 amide bonds. The SMILES string of the molecule is CCOc1ccc(O)c(C2Nc3ccccc3C(=O)N2C2CC2)c1. The van der Waals surface area contributed by atoms with Gasteiger partial charge in [-0.1, -0.05) is 12.1 Å². The van der Waals surface area contributed by atoms with Crippen molar-refractivity contribution < 1.29 is 14.6 Å². The zero-order valence-corrected chi connectivity index (χ0v) is 13.5. The Morgan fingerprint density at radius 2 is 2.04 bits per heavy atom. The largest absolute Gasteiger partial charge is 0.508 e. The van der Waals surface area contributed by atoms with E-state index in [1.54, 1.807) is 12.1 Å². The number of hydrogen-bond acceptors (Lipinski definition) is 4. The number of ether oxygens (including phenoxy) is 1. The van der Waals surface area contributed by atoms with Gasteiger partial charge in [-0.25, -0.2) is 0 Å². The van der Waals surface area contributed by atoms with Gasteiger partial charge < -0.3 is 20.1 Å². The average Bonchev–Trinajstić information content (AvgIpc) is 3.41. The molecule has 2 aromatic rings. The Kier molecular flexibility index (Phi) is 3.56. The number of rotatable bonds is 4. The summed E-state index contributed by atoms with van der Waals surface area (Å²) >= 11 is 0. The first kappa shape index (κ1) is 14.9. The number of phenolic OH excluding ortho intramolecular Hbond substituents is 1. The number of nitrogens with one attached hydrogen (secondary N) is 1. The monoisotopic (exact) mass is 324 g/mol. The summed E-state index contributed by atoms with van der Waals surface area (Å²) < 4.78 is 5.56. The van der Waals surface area contributed by atoms with Crippen molar-refractivity contribution in [3.8, 4) is 11.5 Å². The van der Waals surface area contributed by atoms with Crippen molar-refractivity contribution in [2.75, 3.05) is 11.9 Å². The van der Waals surface area contributed by atoms with Gasteiger partial charge in [-0.2, -0.15) is 0 Å². The topological polar surface area (TPSA) is 61.8 Å². The van der Waals surface area contributed by atoms with Crippen molar-refractivity contribution in [3.63, 3.8) is 0 Å². The predicted octanol–water partition coefficient (Wildman–Crippen LogP) is 3.52. The second-order valence-electron chi connectivity index (χ2n) is 6.19. The van der Waals surface area contributed by atoms with Crippen LogP contribution in [-0.2, 0) is 0 Å². The van der Waals surface area contributed by atoms with Crippen molar-refractivity contribution >= 4 is 11.6 Å². The molecule has 2 aromatic carbocycles. The molecule has 1 fully saturated rings. The molecule has 1 unspecified atom stereocenters. The van der Waals surface area contributed by atoms with Crippen LogP contribution in [-0.4, -0.2) is 28.6 Å². The minimum atomic E-state index is -0.389. The molecule has 1 saturated carbocycles. The van der Waals surface area contributed by atoms with Crippen molar-refractivity contribution in [1.29, 1.82) is 0 Å². The van der Waals surface area contributed by atoms with E-state index >= 15 is 0 Å². The predicted molar refractivity (Wildman–Crippen MR) is 91.3 cm³/mol. The molecule has 0 aromatic heterocycles. The zero-order valence-electron chi connectivity index (χ0n) is 13.5. The molecule has 0 bridgehead atoms. The van der Waals surface area contributed by atoms with E-state index in [0.717, 1.165) is 18.5 Å². The van der Waals surface area contributed by atoms with Gasteiger partial charge in [0.15, 0.2) is 0 Å². The van der Waals surface area contributed by atoms with Crippen LogP contribution in [0.25, 0.3) is 0 Å². The third kappa shape index (κ3) is 2.46. The summed E-state index contributed by atoms with van der Waals surface area (Å²) in [6.45, 7) is 2.47. The van der Waals surface area contributed by atoms with E-state index in [2.05, 4.69) is 5.32 Å². The molecule has 24 heavy (non-hydrogen) atoms. The number of fused-ring (bicyclic) bond motifs is 1. The molecule has 0 radical (unpaired) electrons. The van der Waals surface area contributed by atoms with E-state index in [1.165, 1.54) is 0 Å². The molecule has 2 aliphatic rings. The van der Waals surface area contributed by atoms with Gasteiger partial charge in [-0.05, 0) is 50.1 Å². The second kappa shape index (κ2) is 5.74. The number of carbonyl (C=O) groups is 1. The maximum atomic E-state index is 13.0. The molecule has 1 aliphatic heterocycles. The first-order chi connectivity index (χ1) is 11.7. The summed E-state index contributed by atoms with van der Waals surface area (Å²) in [5.74, 6) is 0.862. The van der Waals surface area contributed by atoms with Gasteiger partial charge in [0, 0.05) is 17.3 Å². The van der Waals surface area contributed by atoms with Crippen molar-refractivity contribution in [1.82, 2.24) is 4.90 Å². The summed E-state index contributed by atoms with van der Waals surface area (Å²) in [6, 6.07) is 12.9. The summed E-state index contributed by atoms with van der Waals surface area (Å²) in [4.78, 5) is 14.8. The van der Waals surface area contributed by atoms with Crippen molar-refractivity contribution in [2.45, 2.75) is 32.0 Å². The minimum Gasteiger partial charge on any atom is -0.508 e. The molecule has 1 atom stereocenters. The lowest BCUT2D eigenvalue weighted by atomic mass is 10.0. The van der Waals surface area contributed by atoms with E-state index in [4.69, 9.17) is 4.74 Å². The quantitative estimate of drug-likeness (QED) is 0.903. The molecular formula is C19H20N2O3. The summed E-state index contributed by atoms with van der Waals surface area (Å²) in [5.41, 5.74) is 2.14. The van der Waals surface area contributed by atoms with Crippen molar-refractivity contribution in [2.24, 2.45) is 0 Å². The van der Waals surface area contributed by atoms with Crippen LogP contribution in [0, 0.1) is 0 Å². The molecule has 4 rings (SSSR count). The minimum absolute atomic E-state index is 0.0121. The van der Waals surface area contributed by atoms with Crippen LogP contribution in [0.2, 0.25) is 0 Å². The fourth-order valence-electron chi connectivity index (χ4n) is 3.23. The molecule has 1 aliphatic carbocycles. The number of nitrogens with zero attached hydrogens (tertiary/aromatic N) is 1. The lowest BCUT2D eigenvalue weighted by molar-refractivity contribution is 0.0664. The maximum absolute atomic E-state index is 13.0.